The highest BCUT2D eigenvalue weighted by atomic mass is 16.5. The molecule has 1 aliphatic heterocycles. The molecule has 1 aromatic heterocycles. The zero-order valence-electron chi connectivity index (χ0n) is 21.4. The van der Waals surface area contributed by atoms with Crippen molar-refractivity contribution < 1.29 is 4.74 Å². The quantitative estimate of drug-likeness (QED) is 0.533. The maximum atomic E-state index is 5.26. The lowest BCUT2D eigenvalue weighted by molar-refractivity contribution is 0.248. The number of nitrogens with one attached hydrogen (secondary N) is 1. The van der Waals surface area contributed by atoms with E-state index in [-0.39, 0.29) is 0 Å². The van der Waals surface area contributed by atoms with E-state index in [1.165, 1.54) is 11.1 Å². The van der Waals surface area contributed by atoms with Gasteiger partial charge >= 0.3 is 0 Å². The first-order chi connectivity index (χ1) is 16.5. The molecule has 34 heavy (non-hydrogen) atoms. The van der Waals surface area contributed by atoms with Crippen LogP contribution in [0.4, 0.5) is 23.3 Å². The molecule has 0 unspecified atom stereocenters. The summed E-state index contributed by atoms with van der Waals surface area (Å²) in [5.41, 5.74) is 3.56. The van der Waals surface area contributed by atoms with Crippen LogP contribution < -0.4 is 19.9 Å². The number of piperazine rings is 1. The van der Waals surface area contributed by atoms with Crippen molar-refractivity contribution in [3.63, 3.8) is 0 Å². The topological polar surface area (TPSA) is 56.8 Å². The summed E-state index contributed by atoms with van der Waals surface area (Å²) in [6.07, 6.45) is 0. The van der Waals surface area contributed by atoms with Gasteiger partial charge in [-0.15, -0.1) is 0 Å². The van der Waals surface area contributed by atoms with Gasteiger partial charge in [0.25, 0.3) is 0 Å². The molecule has 0 aliphatic carbocycles. The summed E-state index contributed by atoms with van der Waals surface area (Å²) in [6.45, 7) is 10.8. The third-order valence-electron chi connectivity index (χ3n) is 5.70. The van der Waals surface area contributed by atoms with Crippen molar-refractivity contribution in [3.8, 4) is 5.75 Å². The fraction of sp³-hybridized carbons (Fsp3) is 0.407. The summed E-state index contributed by atoms with van der Waals surface area (Å²) < 4.78 is 5.26. The zero-order valence-corrected chi connectivity index (χ0v) is 21.4. The average Bonchev–Trinajstić information content (AvgIpc) is 2.87. The Labute approximate surface area is 204 Å². The molecule has 1 saturated heterocycles. The second kappa shape index (κ2) is 12.2. The van der Waals surface area contributed by atoms with Gasteiger partial charge < -0.3 is 19.9 Å². The van der Waals surface area contributed by atoms with Crippen LogP contribution in [0.2, 0.25) is 0 Å². The van der Waals surface area contributed by atoms with Crippen LogP contribution >= 0.6 is 0 Å². The molecule has 4 rings (SSSR count). The summed E-state index contributed by atoms with van der Waals surface area (Å²) in [6, 6.07) is 18.6. The van der Waals surface area contributed by atoms with Crippen LogP contribution in [-0.4, -0.2) is 62.3 Å². The molecule has 0 radical (unpaired) electrons. The molecule has 1 fully saturated rings. The number of ether oxygens (including phenoxy) is 1. The predicted octanol–water partition coefficient (Wildman–Crippen LogP) is 4.95. The van der Waals surface area contributed by atoms with Crippen LogP contribution in [0.5, 0.6) is 5.75 Å². The zero-order chi connectivity index (χ0) is 24.5. The SMILES string of the molecule is CC.COc1ccc(CN2CCN(c3nc(Nc4ccc(C)cc4)cc(N(C)C)n3)CC2)cc1. The number of aromatic nitrogens is 2. The molecule has 0 amide bonds. The van der Waals surface area contributed by atoms with Crippen molar-refractivity contribution in [3.05, 3.63) is 65.7 Å². The minimum atomic E-state index is 0.773. The summed E-state index contributed by atoms with van der Waals surface area (Å²) in [7, 11) is 5.71. The van der Waals surface area contributed by atoms with E-state index in [2.05, 4.69) is 58.4 Å². The highest BCUT2D eigenvalue weighted by Crippen LogP contribution is 2.24. The summed E-state index contributed by atoms with van der Waals surface area (Å²) in [4.78, 5) is 16.4. The average molecular weight is 463 g/mol. The largest absolute Gasteiger partial charge is 0.497 e. The van der Waals surface area contributed by atoms with Crippen molar-refractivity contribution in [1.29, 1.82) is 0 Å². The summed E-state index contributed by atoms with van der Waals surface area (Å²) in [5, 5.41) is 3.43. The second-order valence-electron chi connectivity index (χ2n) is 8.41. The van der Waals surface area contributed by atoms with Gasteiger partial charge in [0.05, 0.1) is 7.11 Å². The maximum Gasteiger partial charge on any atom is 0.229 e. The van der Waals surface area contributed by atoms with Crippen molar-refractivity contribution in [2.45, 2.75) is 27.3 Å². The third kappa shape index (κ3) is 6.84. The Morgan fingerprint density at radius 3 is 2.15 bits per heavy atom. The highest BCUT2D eigenvalue weighted by Gasteiger charge is 2.20. The lowest BCUT2D eigenvalue weighted by Crippen LogP contribution is -2.46. The Balaban J connectivity index is 0.00000158. The number of methoxy groups -OCH3 is 1. The van der Waals surface area contributed by atoms with Crippen molar-refractivity contribution in [1.82, 2.24) is 14.9 Å². The molecule has 7 nitrogen and oxygen atoms in total. The Bertz CT molecular complexity index is 1010. The van der Waals surface area contributed by atoms with Gasteiger partial charge in [-0.05, 0) is 36.8 Å². The monoisotopic (exact) mass is 462 g/mol. The minimum absolute atomic E-state index is 0.773. The number of rotatable bonds is 7. The summed E-state index contributed by atoms with van der Waals surface area (Å²) in [5.74, 6) is 3.37. The number of hydrogen-bond donors (Lipinski definition) is 1. The van der Waals surface area contributed by atoms with E-state index >= 15 is 0 Å². The lowest BCUT2D eigenvalue weighted by Gasteiger charge is -2.35. The van der Waals surface area contributed by atoms with Gasteiger partial charge in [0.2, 0.25) is 5.95 Å². The van der Waals surface area contributed by atoms with Crippen LogP contribution in [0, 0.1) is 6.92 Å². The Hall–Kier alpha value is -3.32. The van der Waals surface area contributed by atoms with E-state index < -0.39 is 0 Å². The maximum absolute atomic E-state index is 5.26. The molecule has 1 aliphatic rings. The molecule has 1 N–H and O–H groups in total. The van der Waals surface area contributed by atoms with E-state index in [4.69, 9.17) is 14.7 Å². The Morgan fingerprint density at radius 2 is 1.56 bits per heavy atom. The van der Waals surface area contributed by atoms with Crippen LogP contribution in [0.1, 0.15) is 25.0 Å². The van der Waals surface area contributed by atoms with E-state index in [0.717, 1.165) is 61.7 Å². The van der Waals surface area contributed by atoms with Crippen LogP contribution in [-0.2, 0) is 6.54 Å². The number of hydrogen-bond acceptors (Lipinski definition) is 7. The smallest absolute Gasteiger partial charge is 0.229 e. The van der Waals surface area contributed by atoms with Gasteiger partial charge in [-0.3, -0.25) is 4.90 Å². The number of anilines is 4. The molecular weight excluding hydrogens is 424 g/mol. The molecule has 2 heterocycles. The molecule has 2 aromatic carbocycles. The fourth-order valence-corrected chi connectivity index (χ4v) is 3.74. The molecule has 182 valence electrons. The fourth-order valence-electron chi connectivity index (χ4n) is 3.74. The van der Waals surface area contributed by atoms with Gasteiger partial charge in [-0.1, -0.05) is 43.7 Å². The minimum Gasteiger partial charge on any atom is -0.497 e. The third-order valence-corrected chi connectivity index (χ3v) is 5.70. The molecule has 7 heteroatoms. The van der Waals surface area contributed by atoms with Gasteiger partial charge in [0.1, 0.15) is 17.4 Å². The summed E-state index contributed by atoms with van der Waals surface area (Å²) >= 11 is 0. The van der Waals surface area contributed by atoms with Gasteiger partial charge in [0.15, 0.2) is 0 Å². The molecule has 0 bridgehead atoms. The first-order valence-electron chi connectivity index (χ1n) is 12.0. The van der Waals surface area contributed by atoms with Crippen molar-refractivity contribution in [2.24, 2.45) is 0 Å². The lowest BCUT2D eigenvalue weighted by atomic mass is 10.2. The number of nitrogens with zero attached hydrogens (tertiary/aromatic N) is 5. The number of benzene rings is 2. The first-order valence-corrected chi connectivity index (χ1v) is 12.0. The predicted molar refractivity (Wildman–Crippen MR) is 143 cm³/mol. The van der Waals surface area contributed by atoms with Crippen LogP contribution in [0.3, 0.4) is 0 Å². The van der Waals surface area contributed by atoms with E-state index in [9.17, 15) is 0 Å². The van der Waals surface area contributed by atoms with Gasteiger partial charge in [0, 0.05) is 58.6 Å². The normalized spacial score (nSPS) is 13.6. The Morgan fingerprint density at radius 1 is 0.912 bits per heavy atom. The standard InChI is InChI=1S/C25H32N6O.C2H6/c1-19-5-9-21(10-6-19)26-23-17-24(29(2)3)28-25(27-23)31-15-13-30(14-16-31)18-20-7-11-22(32-4)12-8-20;1-2/h5-12,17H,13-16,18H2,1-4H3,(H,26,27,28);1-2H3. The van der Waals surface area contributed by atoms with Crippen LogP contribution in [0.25, 0.3) is 0 Å². The van der Waals surface area contributed by atoms with Crippen molar-refractivity contribution in [2.75, 3.05) is 62.5 Å². The molecule has 3 aromatic rings. The Kier molecular flexibility index (Phi) is 9.10. The van der Waals surface area contributed by atoms with Crippen molar-refractivity contribution >= 4 is 23.3 Å². The van der Waals surface area contributed by atoms with E-state index in [0.29, 0.717) is 0 Å². The molecule has 0 saturated carbocycles. The number of aryl methyl sites for hydroxylation is 1. The molecule has 0 spiro atoms. The van der Waals surface area contributed by atoms with E-state index in [1.807, 2.05) is 51.0 Å². The van der Waals surface area contributed by atoms with Gasteiger partial charge in [-0.25, -0.2) is 0 Å². The van der Waals surface area contributed by atoms with E-state index in [1.54, 1.807) is 7.11 Å². The van der Waals surface area contributed by atoms with Crippen LogP contribution in [0.15, 0.2) is 54.6 Å². The highest BCUT2D eigenvalue weighted by molar-refractivity contribution is 5.62. The molecular formula is C27H38N6O. The second-order valence-corrected chi connectivity index (χ2v) is 8.41. The first kappa shape index (κ1) is 25.3. The molecule has 0 atom stereocenters. The van der Waals surface area contributed by atoms with Gasteiger partial charge in [-0.2, -0.15) is 9.97 Å².